The fourth-order valence-corrected chi connectivity index (χ4v) is 3.25. The van der Waals surface area contributed by atoms with Gasteiger partial charge in [-0.1, -0.05) is 32.6 Å². The first kappa shape index (κ1) is 9.51. The van der Waals surface area contributed by atoms with Crippen molar-refractivity contribution in [3.63, 3.8) is 0 Å². The molecule has 2 saturated carbocycles. The first-order valence-corrected chi connectivity index (χ1v) is 6.13. The number of fused-ring (bicyclic) bond motifs is 1. The summed E-state index contributed by atoms with van der Waals surface area (Å²) < 4.78 is 0. The second-order valence-electron chi connectivity index (χ2n) is 4.93. The van der Waals surface area contributed by atoms with Crippen molar-refractivity contribution in [2.24, 2.45) is 11.8 Å². The van der Waals surface area contributed by atoms with E-state index >= 15 is 0 Å². The first-order chi connectivity index (χ1) is 6.40. The van der Waals surface area contributed by atoms with E-state index in [1.165, 1.54) is 51.5 Å². The van der Waals surface area contributed by atoms with Crippen LogP contribution in [0.15, 0.2) is 0 Å². The summed E-state index contributed by atoms with van der Waals surface area (Å²) in [6.45, 7) is 3.49. The summed E-state index contributed by atoms with van der Waals surface area (Å²) >= 11 is 0. The van der Waals surface area contributed by atoms with Crippen molar-refractivity contribution in [1.82, 2.24) is 5.32 Å². The molecule has 13 heavy (non-hydrogen) atoms. The molecular formula is C12H23N. The fourth-order valence-electron chi connectivity index (χ4n) is 3.25. The molecule has 2 atom stereocenters. The second-order valence-corrected chi connectivity index (χ2v) is 4.93. The zero-order chi connectivity index (χ0) is 9.10. The SMILES string of the molecule is CCCNC1CC2CCCCC2C1. The molecule has 2 fully saturated rings. The van der Waals surface area contributed by atoms with Gasteiger partial charge in [0.05, 0.1) is 0 Å². The highest BCUT2D eigenvalue weighted by Crippen LogP contribution is 2.42. The van der Waals surface area contributed by atoms with Gasteiger partial charge in [-0.2, -0.15) is 0 Å². The second kappa shape index (κ2) is 4.45. The van der Waals surface area contributed by atoms with E-state index < -0.39 is 0 Å². The zero-order valence-electron chi connectivity index (χ0n) is 8.89. The Labute approximate surface area is 82.3 Å². The van der Waals surface area contributed by atoms with Gasteiger partial charge in [-0.25, -0.2) is 0 Å². The predicted octanol–water partition coefficient (Wildman–Crippen LogP) is 2.95. The largest absolute Gasteiger partial charge is 0.314 e. The predicted molar refractivity (Wildman–Crippen MR) is 56.8 cm³/mol. The average Bonchev–Trinajstić information content (AvgIpc) is 2.57. The molecule has 0 heterocycles. The van der Waals surface area contributed by atoms with Crippen LogP contribution in [0.3, 0.4) is 0 Å². The van der Waals surface area contributed by atoms with E-state index in [1.807, 2.05) is 0 Å². The molecule has 1 N–H and O–H groups in total. The highest BCUT2D eigenvalue weighted by Gasteiger charge is 2.34. The van der Waals surface area contributed by atoms with E-state index in [-0.39, 0.29) is 0 Å². The molecule has 0 aromatic heterocycles. The van der Waals surface area contributed by atoms with Crippen LogP contribution in [-0.2, 0) is 0 Å². The molecule has 2 aliphatic carbocycles. The van der Waals surface area contributed by atoms with Crippen LogP contribution >= 0.6 is 0 Å². The Morgan fingerprint density at radius 3 is 2.23 bits per heavy atom. The molecule has 0 saturated heterocycles. The van der Waals surface area contributed by atoms with Gasteiger partial charge < -0.3 is 5.32 Å². The third-order valence-corrected chi connectivity index (χ3v) is 3.92. The van der Waals surface area contributed by atoms with Crippen molar-refractivity contribution in [3.05, 3.63) is 0 Å². The van der Waals surface area contributed by atoms with E-state index in [2.05, 4.69) is 12.2 Å². The highest BCUT2D eigenvalue weighted by molar-refractivity contribution is 4.89. The van der Waals surface area contributed by atoms with Gasteiger partial charge >= 0.3 is 0 Å². The van der Waals surface area contributed by atoms with Crippen molar-refractivity contribution >= 4 is 0 Å². The summed E-state index contributed by atoms with van der Waals surface area (Å²) in [5, 5.41) is 3.69. The smallest absolute Gasteiger partial charge is 0.00725 e. The molecule has 0 amide bonds. The van der Waals surface area contributed by atoms with Gasteiger partial charge in [-0.05, 0) is 37.6 Å². The Morgan fingerprint density at radius 2 is 1.69 bits per heavy atom. The molecule has 1 nitrogen and oxygen atoms in total. The van der Waals surface area contributed by atoms with E-state index in [4.69, 9.17) is 0 Å². The lowest BCUT2D eigenvalue weighted by Gasteiger charge is -2.24. The molecule has 0 aromatic rings. The minimum absolute atomic E-state index is 0.869. The average molecular weight is 181 g/mol. The Morgan fingerprint density at radius 1 is 1.08 bits per heavy atom. The van der Waals surface area contributed by atoms with Gasteiger partial charge in [-0.15, -0.1) is 0 Å². The van der Waals surface area contributed by atoms with Gasteiger partial charge in [0.25, 0.3) is 0 Å². The summed E-state index contributed by atoms with van der Waals surface area (Å²) in [6.07, 6.45) is 10.3. The van der Waals surface area contributed by atoms with Gasteiger partial charge in [0.2, 0.25) is 0 Å². The van der Waals surface area contributed by atoms with Gasteiger partial charge in [0.15, 0.2) is 0 Å². The van der Waals surface area contributed by atoms with E-state index in [1.54, 1.807) is 0 Å². The van der Waals surface area contributed by atoms with E-state index in [0.717, 1.165) is 17.9 Å². The maximum Gasteiger partial charge on any atom is 0.00725 e. The molecule has 0 aliphatic heterocycles. The normalized spacial score (nSPS) is 39.0. The fraction of sp³-hybridized carbons (Fsp3) is 1.00. The molecular weight excluding hydrogens is 158 g/mol. The Hall–Kier alpha value is -0.0400. The molecule has 76 valence electrons. The molecule has 2 rings (SSSR count). The lowest BCUT2D eigenvalue weighted by molar-refractivity contribution is 0.277. The molecule has 1 heteroatoms. The number of hydrogen-bond donors (Lipinski definition) is 1. The van der Waals surface area contributed by atoms with Crippen molar-refractivity contribution < 1.29 is 0 Å². The number of hydrogen-bond acceptors (Lipinski definition) is 1. The minimum atomic E-state index is 0.869. The summed E-state index contributed by atoms with van der Waals surface area (Å²) in [5.41, 5.74) is 0. The van der Waals surface area contributed by atoms with Gasteiger partial charge in [-0.3, -0.25) is 0 Å². The molecule has 0 aromatic carbocycles. The maximum atomic E-state index is 3.69. The van der Waals surface area contributed by atoms with Crippen LogP contribution in [-0.4, -0.2) is 12.6 Å². The molecule has 2 unspecified atom stereocenters. The molecule has 0 radical (unpaired) electrons. The first-order valence-electron chi connectivity index (χ1n) is 6.13. The standard InChI is InChI=1S/C12H23N/c1-2-7-13-12-8-10-5-3-4-6-11(10)9-12/h10-13H,2-9H2,1H3. The van der Waals surface area contributed by atoms with Crippen molar-refractivity contribution in [1.29, 1.82) is 0 Å². The lowest BCUT2D eigenvalue weighted by atomic mass is 9.82. The van der Waals surface area contributed by atoms with Crippen LogP contribution < -0.4 is 5.32 Å². The van der Waals surface area contributed by atoms with Crippen LogP contribution in [0.1, 0.15) is 51.9 Å². The van der Waals surface area contributed by atoms with Crippen LogP contribution in [0, 0.1) is 11.8 Å². The van der Waals surface area contributed by atoms with E-state index in [0.29, 0.717) is 0 Å². The Kier molecular flexibility index (Phi) is 3.26. The highest BCUT2D eigenvalue weighted by atomic mass is 14.9. The van der Waals surface area contributed by atoms with Crippen molar-refractivity contribution in [3.8, 4) is 0 Å². The van der Waals surface area contributed by atoms with Gasteiger partial charge in [0.1, 0.15) is 0 Å². The Balaban J connectivity index is 1.77. The number of nitrogens with one attached hydrogen (secondary N) is 1. The summed E-state index contributed by atoms with van der Waals surface area (Å²) in [4.78, 5) is 0. The third-order valence-electron chi connectivity index (χ3n) is 3.92. The van der Waals surface area contributed by atoms with Crippen molar-refractivity contribution in [2.45, 2.75) is 57.9 Å². The zero-order valence-corrected chi connectivity index (χ0v) is 8.89. The third kappa shape index (κ3) is 2.25. The van der Waals surface area contributed by atoms with E-state index in [9.17, 15) is 0 Å². The Bertz CT molecular complexity index is 141. The lowest BCUT2D eigenvalue weighted by Crippen LogP contribution is -2.27. The molecule has 0 bridgehead atoms. The number of rotatable bonds is 3. The van der Waals surface area contributed by atoms with Crippen LogP contribution in [0.25, 0.3) is 0 Å². The summed E-state index contributed by atoms with van der Waals surface area (Å²) in [5.74, 6) is 2.17. The van der Waals surface area contributed by atoms with Gasteiger partial charge in [0, 0.05) is 6.04 Å². The summed E-state index contributed by atoms with van der Waals surface area (Å²) in [6, 6.07) is 0.869. The van der Waals surface area contributed by atoms with Crippen LogP contribution in [0.2, 0.25) is 0 Å². The van der Waals surface area contributed by atoms with Crippen LogP contribution in [0.4, 0.5) is 0 Å². The maximum absolute atomic E-state index is 3.69. The molecule has 2 aliphatic rings. The quantitative estimate of drug-likeness (QED) is 0.706. The van der Waals surface area contributed by atoms with Crippen molar-refractivity contribution in [2.75, 3.05) is 6.54 Å². The topological polar surface area (TPSA) is 12.0 Å². The minimum Gasteiger partial charge on any atom is -0.314 e. The van der Waals surface area contributed by atoms with Crippen LogP contribution in [0.5, 0.6) is 0 Å². The summed E-state index contributed by atoms with van der Waals surface area (Å²) in [7, 11) is 0. The molecule has 0 spiro atoms. The monoisotopic (exact) mass is 181 g/mol.